The number of ether oxygens (including phenoxy) is 1. The molecule has 0 unspecified atom stereocenters. The van der Waals surface area contributed by atoms with Crippen LogP contribution in [0.25, 0.3) is 33.4 Å². The number of aromatic nitrogens is 3. The van der Waals surface area contributed by atoms with Crippen molar-refractivity contribution in [3.63, 3.8) is 0 Å². The summed E-state index contributed by atoms with van der Waals surface area (Å²) in [6.07, 6.45) is 0. The van der Waals surface area contributed by atoms with Gasteiger partial charge in [0.1, 0.15) is 0 Å². The second kappa shape index (κ2) is 9.84. The van der Waals surface area contributed by atoms with Crippen LogP contribution in [0.5, 0.6) is 0 Å². The topological polar surface area (TPSA) is 86.1 Å². The van der Waals surface area contributed by atoms with Gasteiger partial charge in [-0.1, -0.05) is 78.9 Å². The number of nitrogens with one attached hydrogen (secondary N) is 1. The lowest BCUT2D eigenvalue weighted by Crippen LogP contribution is -2.21. The maximum Gasteiger partial charge on any atom is 0.339 e. The Morgan fingerprint density at radius 3 is 2.25 bits per heavy atom. The van der Waals surface area contributed by atoms with Gasteiger partial charge in [-0.05, 0) is 24.6 Å². The molecule has 0 aliphatic carbocycles. The number of amides is 1. The van der Waals surface area contributed by atoms with E-state index in [0.717, 1.165) is 16.7 Å². The van der Waals surface area contributed by atoms with Crippen molar-refractivity contribution in [2.75, 3.05) is 11.9 Å². The first kappa shape index (κ1) is 23.0. The van der Waals surface area contributed by atoms with E-state index in [0.29, 0.717) is 33.7 Å². The second-order valence-electron chi connectivity index (χ2n) is 8.36. The number of carbonyl (C=O) groups is 2. The zero-order chi connectivity index (χ0) is 25.1. The number of rotatable bonds is 6. The Bertz CT molecular complexity index is 1560. The molecule has 36 heavy (non-hydrogen) atoms. The highest BCUT2D eigenvalue weighted by molar-refractivity contribution is 6.06. The SMILES string of the molecule is Cc1nn(C)c2nc(-c3ccccc3)cc(C(=O)OCC(=O)Nc3ccccc3-c3ccccc3)c12. The highest BCUT2D eigenvalue weighted by Gasteiger charge is 2.21. The zero-order valence-corrected chi connectivity index (χ0v) is 19.9. The maximum atomic E-state index is 13.2. The number of aryl methyl sites for hydroxylation is 2. The van der Waals surface area contributed by atoms with Gasteiger partial charge in [0.25, 0.3) is 5.91 Å². The molecule has 0 spiro atoms. The van der Waals surface area contributed by atoms with Crippen LogP contribution in [0, 0.1) is 6.92 Å². The number of carbonyl (C=O) groups excluding carboxylic acids is 2. The van der Waals surface area contributed by atoms with E-state index in [4.69, 9.17) is 9.72 Å². The van der Waals surface area contributed by atoms with Gasteiger partial charge in [-0.2, -0.15) is 5.10 Å². The quantitative estimate of drug-likeness (QED) is 0.331. The van der Waals surface area contributed by atoms with Gasteiger partial charge < -0.3 is 10.1 Å². The average molecular weight is 477 g/mol. The lowest BCUT2D eigenvalue weighted by atomic mass is 10.0. The van der Waals surface area contributed by atoms with Crippen LogP contribution < -0.4 is 5.32 Å². The van der Waals surface area contributed by atoms with Crippen molar-refractivity contribution in [3.8, 4) is 22.4 Å². The Morgan fingerprint density at radius 1 is 0.889 bits per heavy atom. The van der Waals surface area contributed by atoms with Crippen molar-refractivity contribution in [2.24, 2.45) is 7.05 Å². The van der Waals surface area contributed by atoms with Crippen LogP contribution in [0.2, 0.25) is 0 Å². The number of hydrogen-bond acceptors (Lipinski definition) is 5. The summed E-state index contributed by atoms with van der Waals surface area (Å²) in [6, 6.07) is 28.5. The number of benzene rings is 3. The fourth-order valence-corrected chi connectivity index (χ4v) is 4.22. The lowest BCUT2D eigenvalue weighted by Gasteiger charge is -2.12. The summed E-state index contributed by atoms with van der Waals surface area (Å²) >= 11 is 0. The summed E-state index contributed by atoms with van der Waals surface area (Å²) in [7, 11) is 1.78. The number of anilines is 1. The van der Waals surface area contributed by atoms with Crippen LogP contribution in [0.4, 0.5) is 5.69 Å². The number of pyridine rings is 1. The number of nitrogens with zero attached hydrogens (tertiary/aromatic N) is 3. The van der Waals surface area contributed by atoms with E-state index >= 15 is 0 Å². The van der Waals surface area contributed by atoms with Crippen molar-refractivity contribution in [2.45, 2.75) is 6.92 Å². The molecule has 0 bridgehead atoms. The van der Waals surface area contributed by atoms with Crippen LogP contribution in [-0.2, 0) is 16.6 Å². The zero-order valence-electron chi connectivity index (χ0n) is 19.9. The number of fused-ring (bicyclic) bond motifs is 1. The van der Waals surface area contributed by atoms with Gasteiger partial charge in [-0.25, -0.2) is 9.78 Å². The van der Waals surface area contributed by atoms with E-state index in [-0.39, 0.29) is 0 Å². The molecule has 0 radical (unpaired) electrons. The first-order valence-corrected chi connectivity index (χ1v) is 11.5. The molecule has 0 fully saturated rings. The number of hydrogen-bond donors (Lipinski definition) is 1. The van der Waals surface area contributed by atoms with Crippen molar-refractivity contribution in [1.29, 1.82) is 0 Å². The van der Waals surface area contributed by atoms with E-state index in [1.54, 1.807) is 17.8 Å². The van der Waals surface area contributed by atoms with Crippen LogP contribution in [0.1, 0.15) is 16.1 Å². The molecule has 0 aliphatic rings. The Kier molecular flexibility index (Phi) is 6.28. The van der Waals surface area contributed by atoms with Gasteiger partial charge in [0.05, 0.1) is 22.3 Å². The van der Waals surface area contributed by atoms with Crippen LogP contribution >= 0.6 is 0 Å². The van der Waals surface area contributed by atoms with Crippen molar-refractivity contribution in [3.05, 3.63) is 102 Å². The standard InChI is InChI=1S/C29H24N4O3/c1-19-27-23(17-25(21-13-7-4-8-14-21)31-28(27)33(2)32-19)29(35)36-18-26(34)30-24-16-10-9-15-22(24)20-11-5-3-6-12-20/h3-17H,18H2,1-2H3,(H,30,34). The van der Waals surface area contributed by atoms with Crippen LogP contribution in [0.15, 0.2) is 91.0 Å². The normalized spacial score (nSPS) is 10.8. The van der Waals surface area contributed by atoms with Gasteiger partial charge in [0.15, 0.2) is 12.3 Å². The maximum absolute atomic E-state index is 13.2. The molecule has 0 aliphatic heterocycles. The Balaban J connectivity index is 1.38. The summed E-state index contributed by atoms with van der Waals surface area (Å²) in [5, 5.41) is 7.89. The predicted octanol–water partition coefficient (Wildman–Crippen LogP) is 5.41. The van der Waals surface area contributed by atoms with Gasteiger partial charge in [0.2, 0.25) is 0 Å². The summed E-state index contributed by atoms with van der Waals surface area (Å²) in [5.74, 6) is -1.04. The molecular formula is C29H24N4O3. The smallest absolute Gasteiger partial charge is 0.339 e. The van der Waals surface area contributed by atoms with Gasteiger partial charge in [-0.3, -0.25) is 9.48 Å². The van der Waals surface area contributed by atoms with Crippen LogP contribution in [0.3, 0.4) is 0 Å². The summed E-state index contributed by atoms with van der Waals surface area (Å²) in [5.41, 5.74) is 5.54. The van der Waals surface area contributed by atoms with E-state index < -0.39 is 18.5 Å². The molecule has 7 heteroatoms. The van der Waals surface area contributed by atoms with E-state index in [1.807, 2.05) is 91.9 Å². The number of esters is 1. The average Bonchev–Trinajstić information content (AvgIpc) is 3.21. The fourth-order valence-electron chi connectivity index (χ4n) is 4.22. The van der Waals surface area contributed by atoms with Crippen molar-refractivity contribution >= 4 is 28.6 Å². The summed E-state index contributed by atoms with van der Waals surface area (Å²) < 4.78 is 7.10. The van der Waals surface area contributed by atoms with Crippen LogP contribution in [-0.4, -0.2) is 33.2 Å². The molecule has 1 N–H and O–H groups in total. The molecule has 0 saturated carbocycles. The Hall–Kier alpha value is -4.78. The van der Waals surface area contributed by atoms with Crippen molar-refractivity contribution in [1.82, 2.24) is 14.8 Å². The first-order chi connectivity index (χ1) is 17.5. The molecule has 3 aromatic carbocycles. The third-order valence-electron chi connectivity index (χ3n) is 5.88. The molecule has 5 aromatic rings. The molecule has 0 atom stereocenters. The van der Waals surface area contributed by atoms with Gasteiger partial charge in [-0.15, -0.1) is 0 Å². The molecule has 2 heterocycles. The van der Waals surface area contributed by atoms with Gasteiger partial charge in [0, 0.05) is 23.9 Å². The minimum Gasteiger partial charge on any atom is -0.452 e. The fraction of sp³-hybridized carbons (Fsp3) is 0.103. The largest absolute Gasteiger partial charge is 0.452 e. The minimum atomic E-state index is -0.609. The third kappa shape index (κ3) is 4.59. The molecule has 1 amide bonds. The Labute approximate surface area is 208 Å². The predicted molar refractivity (Wildman–Crippen MR) is 139 cm³/mol. The lowest BCUT2D eigenvalue weighted by molar-refractivity contribution is -0.119. The van der Waals surface area contributed by atoms with Crippen molar-refractivity contribution < 1.29 is 14.3 Å². The highest BCUT2D eigenvalue weighted by atomic mass is 16.5. The van der Waals surface area contributed by atoms with E-state index in [9.17, 15) is 9.59 Å². The van der Waals surface area contributed by atoms with Gasteiger partial charge >= 0.3 is 5.97 Å². The molecular weight excluding hydrogens is 452 g/mol. The third-order valence-corrected chi connectivity index (χ3v) is 5.88. The van der Waals surface area contributed by atoms with E-state index in [1.165, 1.54) is 0 Å². The Morgan fingerprint density at radius 2 is 1.53 bits per heavy atom. The molecule has 7 nitrogen and oxygen atoms in total. The second-order valence-corrected chi connectivity index (χ2v) is 8.36. The highest BCUT2D eigenvalue weighted by Crippen LogP contribution is 2.29. The first-order valence-electron chi connectivity index (χ1n) is 11.5. The molecule has 0 saturated heterocycles. The van der Waals surface area contributed by atoms with E-state index in [2.05, 4.69) is 10.4 Å². The molecule has 2 aromatic heterocycles. The number of para-hydroxylation sites is 1. The monoisotopic (exact) mass is 476 g/mol. The summed E-state index contributed by atoms with van der Waals surface area (Å²) in [4.78, 5) is 30.6. The minimum absolute atomic E-state index is 0.321. The molecule has 5 rings (SSSR count). The molecule has 178 valence electrons. The summed E-state index contributed by atoms with van der Waals surface area (Å²) in [6.45, 7) is 1.39.